The zero-order valence-corrected chi connectivity index (χ0v) is 26.6. The summed E-state index contributed by atoms with van der Waals surface area (Å²) in [6.07, 6.45) is 1.47. The molecule has 1 heterocycles. The highest BCUT2D eigenvalue weighted by molar-refractivity contribution is 6.01. The van der Waals surface area contributed by atoms with Gasteiger partial charge in [0, 0.05) is 23.7 Å². The number of nitrogens with one attached hydrogen (secondary N) is 2. The van der Waals surface area contributed by atoms with Crippen LogP contribution in [0.4, 0.5) is 5.82 Å². The number of amides is 3. The largest absolute Gasteiger partial charge is 0.493 e. The monoisotopic (exact) mass is 611 g/mol. The molecular weight excluding hydrogens is 566 g/mol. The number of benzene rings is 2. The van der Waals surface area contributed by atoms with Crippen molar-refractivity contribution in [3.05, 3.63) is 42.0 Å². The van der Waals surface area contributed by atoms with Crippen molar-refractivity contribution in [2.24, 2.45) is 11.7 Å². The third kappa shape index (κ3) is 9.09. The summed E-state index contributed by atoms with van der Waals surface area (Å²) in [6.45, 7) is 12.3. The Bertz CT molecular complexity index is 1410. The lowest BCUT2D eigenvalue weighted by atomic mass is 10.1. The molecule has 3 amide bonds. The molecule has 3 rings (SSSR count). The Labute approximate surface area is 258 Å². The number of methoxy groups -OCH3 is 1. The first-order valence-electron chi connectivity index (χ1n) is 14.9. The first kappa shape index (κ1) is 34.2. The van der Waals surface area contributed by atoms with Gasteiger partial charge in [-0.3, -0.25) is 14.4 Å². The summed E-state index contributed by atoms with van der Waals surface area (Å²) in [5.41, 5.74) is 6.80. The smallest absolute Gasteiger partial charge is 0.254 e. The van der Waals surface area contributed by atoms with Gasteiger partial charge in [-0.1, -0.05) is 19.0 Å². The maximum absolute atomic E-state index is 13.0. The van der Waals surface area contributed by atoms with Crippen LogP contribution in [0.25, 0.3) is 11.0 Å². The molecule has 12 nitrogen and oxygen atoms in total. The van der Waals surface area contributed by atoms with Crippen LogP contribution in [0.1, 0.15) is 64.7 Å². The van der Waals surface area contributed by atoms with Crippen LogP contribution >= 0.6 is 0 Å². The second-order valence-corrected chi connectivity index (χ2v) is 11.4. The Morgan fingerprint density at radius 3 is 2.25 bits per heavy atom. The van der Waals surface area contributed by atoms with Crippen molar-refractivity contribution in [1.82, 2.24) is 15.4 Å². The molecule has 44 heavy (non-hydrogen) atoms. The molecule has 2 aromatic carbocycles. The average Bonchev–Trinajstić information content (AvgIpc) is 3.38. The Morgan fingerprint density at radius 1 is 0.932 bits per heavy atom. The highest BCUT2D eigenvalue weighted by atomic mass is 16.5. The quantitative estimate of drug-likeness (QED) is 0.200. The average molecular weight is 612 g/mol. The molecular formula is C32H45N5O7. The second-order valence-electron chi connectivity index (χ2n) is 11.4. The van der Waals surface area contributed by atoms with E-state index in [1.54, 1.807) is 43.5 Å². The normalized spacial score (nSPS) is 12.0. The van der Waals surface area contributed by atoms with Crippen LogP contribution in [0, 0.1) is 5.92 Å². The van der Waals surface area contributed by atoms with Crippen molar-refractivity contribution in [2.75, 3.05) is 32.2 Å². The Balaban J connectivity index is 1.44. The number of unbranched alkanes of at least 4 members (excludes halogenated alkanes) is 1. The molecule has 0 saturated carbocycles. The number of nitrogens with zero attached hydrogens (tertiary/aromatic N) is 2. The lowest BCUT2D eigenvalue weighted by Crippen LogP contribution is -2.46. The predicted octanol–water partition coefficient (Wildman–Crippen LogP) is 4.37. The van der Waals surface area contributed by atoms with E-state index in [0.29, 0.717) is 47.0 Å². The van der Waals surface area contributed by atoms with Gasteiger partial charge in [0.05, 0.1) is 38.3 Å². The first-order chi connectivity index (χ1) is 20.9. The number of anilines is 1. The molecule has 0 bridgehead atoms. The highest BCUT2D eigenvalue weighted by Crippen LogP contribution is 2.30. The third-order valence-electron chi connectivity index (χ3n) is 6.97. The molecule has 0 radical (unpaired) electrons. The minimum absolute atomic E-state index is 0.0420. The van der Waals surface area contributed by atoms with Gasteiger partial charge in [-0.2, -0.15) is 0 Å². The molecule has 0 aliphatic heterocycles. The van der Waals surface area contributed by atoms with E-state index in [0.717, 1.165) is 12.8 Å². The maximum atomic E-state index is 13.0. The zero-order chi connectivity index (χ0) is 32.4. The second kappa shape index (κ2) is 15.9. The maximum Gasteiger partial charge on any atom is 0.254 e. The minimum Gasteiger partial charge on any atom is -0.493 e. The summed E-state index contributed by atoms with van der Waals surface area (Å²) in [7, 11) is 1.56. The van der Waals surface area contributed by atoms with Crippen molar-refractivity contribution in [1.29, 1.82) is 0 Å². The molecule has 0 aliphatic carbocycles. The van der Waals surface area contributed by atoms with Crippen LogP contribution in [-0.2, 0) is 9.59 Å². The summed E-state index contributed by atoms with van der Waals surface area (Å²) in [5, 5.41) is 9.68. The van der Waals surface area contributed by atoms with Crippen molar-refractivity contribution < 1.29 is 33.1 Å². The Hall–Kier alpha value is -4.32. The number of fused-ring (bicyclic) bond motifs is 1. The number of carbonyl (C=O) groups is 3. The van der Waals surface area contributed by atoms with E-state index in [9.17, 15) is 14.4 Å². The zero-order valence-electron chi connectivity index (χ0n) is 26.6. The Kier molecular flexibility index (Phi) is 12.4. The first-order valence-corrected chi connectivity index (χ1v) is 14.9. The fraction of sp³-hybridized carbons (Fsp3) is 0.500. The molecule has 0 saturated heterocycles. The van der Waals surface area contributed by atoms with Crippen LogP contribution in [0.5, 0.6) is 17.2 Å². The van der Waals surface area contributed by atoms with E-state index in [-0.39, 0.29) is 36.3 Å². The van der Waals surface area contributed by atoms with Gasteiger partial charge in [0.1, 0.15) is 5.75 Å². The van der Waals surface area contributed by atoms with Crippen LogP contribution in [0.3, 0.4) is 0 Å². The third-order valence-corrected chi connectivity index (χ3v) is 6.97. The number of hydrogen-bond donors (Lipinski definition) is 3. The van der Waals surface area contributed by atoms with Crippen LogP contribution in [0.2, 0.25) is 0 Å². The number of rotatable bonds is 16. The van der Waals surface area contributed by atoms with E-state index in [2.05, 4.69) is 15.8 Å². The van der Waals surface area contributed by atoms with Crippen molar-refractivity contribution >= 4 is 34.5 Å². The Morgan fingerprint density at radius 2 is 1.61 bits per heavy atom. The summed E-state index contributed by atoms with van der Waals surface area (Å²) in [5.74, 6) is 1.01. The van der Waals surface area contributed by atoms with E-state index >= 15 is 0 Å². The van der Waals surface area contributed by atoms with Crippen molar-refractivity contribution in [3.63, 3.8) is 0 Å². The lowest BCUT2D eigenvalue weighted by Gasteiger charge is -2.31. The van der Waals surface area contributed by atoms with Gasteiger partial charge in [-0.25, -0.2) is 0 Å². The van der Waals surface area contributed by atoms with Gasteiger partial charge in [0.15, 0.2) is 22.9 Å². The molecule has 0 fully saturated rings. The number of nitrogens with two attached hydrogens (primary N) is 1. The summed E-state index contributed by atoms with van der Waals surface area (Å²) >= 11 is 0. The summed E-state index contributed by atoms with van der Waals surface area (Å²) in [6, 6.07) is 9.93. The van der Waals surface area contributed by atoms with E-state index < -0.39 is 17.9 Å². The highest BCUT2D eigenvalue weighted by Gasteiger charge is 2.23. The lowest BCUT2D eigenvalue weighted by molar-refractivity contribution is -0.125. The summed E-state index contributed by atoms with van der Waals surface area (Å²) < 4.78 is 22.6. The minimum atomic E-state index is -0.688. The molecule has 3 aromatic rings. The molecule has 1 aromatic heterocycles. The van der Waals surface area contributed by atoms with Gasteiger partial charge in [-0.15, -0.1) is 0 Å². The standard InChI is InChI=1S/C32H45N5O7/c1-19(2)29(33)31(39)34-18-28(38)35-30-24-12-11-23(17-26(24)44-36-30)42-14-8-9-15-43-25-13-10-22(16-27(25)41-7)32(40)37(20(3)4)21(5)6/h10-13,16-17,19-21,29H,8-9,14-15,18,33H2,1-7H3,(H,34,39)(H,35,36,38)/t29-/m0/s1. The van der Waals surface area contributed by atoms with Crippen LogP contribution in [0.15, 0.2) is 40.9 Å². The molecule has 0 spiro atoms. The predicted molar refractivity (Wildman–Crippen MR) is 168 cm³/mol. The van der Waals surface area contributed by atoms with E-state index in [1.165, 1.54) is 0 Å². The molecule has 0 aliphatic rings. The molecule has 240 valence electrons. The molecule has 4 N–H and O–H groups in total. The SMILES string of the molecule is COc1cc(C(=O)N(C(C)C)C(C)C)ccc1OCCCCOc1ccc2c(NC(=O)CNC(=O)[C@@H](N)C(C)C)noc2c1. The van der Waals surface area contributed by atoms with Gasteiger partial charge in [0.2, 0.25) is 11.8 Å². The van der Waals surface area contributed by atoms with Gasteiger partial charge < -0.3 is 40.0 Å². The topological polar surface area (TPSA) is 158 Å². The number of carbonyl (C=O) groups excluding carboxylic acids is 3. The number of hydrogen-bond acceptors (Lipinski definition) is 9. The van der Waals surface area contributed by atoms with Crippen LogP contribution in [-0.4, -0.2) is 72.8 Å². The fourth-order valence-electron chi connectivity index (χ4n) is 4.57. The summed E-state index contributed by atoms with van der Waals surface area (Å²) in [4.78, 5) is 39.1. The molecule has 12 heteroatoms. The number of ether oxygens (including phenoxy) is 3. The fourth-order valence-corrected chi connectivity index (χ4v) is 4.57. The van der Waals surface area contributed by atoms with Gasteiger partial charge in [-0.05, 0) is 76.8 Å². The van der Waals surface area contributed by atoms with Gasteiger partial charge in [0.25, 0.3) is 5.91 Å². The van der Waals surface area contributed by atoms with E-state index in [1.807, 2.05) is 46.4 Å². The van der Waals surface area contributed by atoms with Crippen LogP contribution < -0.4 is 30.6 Å². The molecule has 1 atom stereocenters. The van der Waals surface area contributed by atoms with Gasteiger partial charge >= 0.3 is 0 Å². The number of aromatic nitrogens is 1. The molecule has 0 unspecified atom stereocenters. The van der Waals surface area contributed by atoms with Crippen molar-refractivity contribution in [3.8, 4) is 17.2 Å². The van der Waals surface area contributed by atoms with Crippen molar-refractivity contribution in [2.45, 2.75) is 72.5 Å². The van der Waals surface area contributed by atoms with E-state index in [4.69, 9.17) is 24.5 Å².